The lowest BCUT2D eigenvalue weighted by atomic mass is 10.1. The summed E-state index contributed by atoms with van der Waals surface area (Å²) in [5.41, 5.74) is 5.72. The normalized spacial score (nSPS) is 16.8. The molecule has 0 unspecified atom stereocenters. The molecule has 2 aliphatic rings. The van der Waals surface area contributed by atoms with Gasteiger partial charge in [0, 0.05) is 40.1 Å². The van der Waals surface area contributed by atoms with E-state index in [2.05, 4.69) is 19.6 Å². The molecule has 0 bridgehead atoms. The Balaban J connectivity index is 1.52. The van der Waals surface area contributed by atoms with Gasteiger partial charge >= 0.3 is 0 Å². The fraction of sp³-hybridized carbons (Fsp3) is 0.125. The SMILES string of the molecule is Cc1ccc(-n2c(C)cc(/C=C3/C(=N)N4N=C(c5cccnc5)SC4=NC3=O)c2C)cc1Cl. The van der Waals surface area contributed by atoms with Crippen molar-refractivity contribution in [2.75, 3.05) is 0 Å². The number of aryl methyl sites for hydroxylation is 2. The number of aliphatic imine (C=N–C) groups is 1. The zero-order valence-electron chi connectivity index (χ0n) is 18.1. The Morgan fingerprint density at radius 1 is 1.15 bits per heavy atom. The van der Waals surface area contributed by atoms with E-state index in [0.717, 1.165) is 33.8 Å². The first kappa shape index (κ1) is 21.4. The highest BCUT2D eigenvalue weighted by Gasteiger charge is 2.36. The van der Waals surface area contributed by atoms with Crippen LogP contribution in [0.25, 0.3) is 11.8 Å². The molecule has 0 saturated heterocycles. The number of hydrogen-bond donors (Lipinski definition) is 1. The molecule has 2 aromatic heterocycles. The molecule has 0 aliphatic carbocycles. The summed E-state index contributed by atoms with van der Waals surface area (Å²) in [6, 6.07) is 11.6. The Hall–Kier alpha value is -3.49. The first-order chi connectivity index (χ1) is 15.8. The van der Waals surface area contributed by atoms with E-state index in [1.54, 1.807) is 18.5 Å². The average molecular weight is 475 g/mol. The van der Waals surface area contributed by atoms with E-state index in [1.807, 2.05) is 57.2 Å². The van der Waals surface area contributed by atoms with Crippen LogP contribution in [0, 0.1) is 26.2 Å². The molecule has 0 radical (unpaired) electrons. The van der Waals surface area contributed by atoms with Crippen molar-refractivity contribution in [3.8, 4) is 5.69 Å². The van der Waals surface area contributed by atoms with Gasteiger partial charge in [0.2, 0.25) is 5.17 Å². The number of hydrazone groups is 1. The number of rotatable bonds is 3. The van der Waals surface area contributed by atoms with Gasteiger partial charge in [-0.25, -0.2) is 0 Å². The minimum atomic E-state index is -0.454. The molecule has 1 aromatic carbocycles. The summed E-state index contributed by atoms with van der Waals surface area (Å²) < 4.78 is 2.08. The third-order valence-corrected chi connectivity index (χ3v) is 6.91. The Morgan fingerprint density at radius 2 is 1.97 bits per heavy atom. The van der Waals surface area contributed by atoms with Crippen molar-refractivity contribution in [1.82, 2.24) is 14.6 Å². The fourth-order valence-electron chi connectivity index (χ4n) is 3.81. The number of amidine groups is 2. The van der Waals surface area contributed by atoms with Crippen molar-refractivity contribution in [3.05, 3.63) is 87.5 Å². The summed E-state index contributed by atoms with van der Waals surface area (Å²) in [6.07, 6.45) is 5.09. The largest absolute Gasteiger partial charge is 0.318 e. The topological polar surface area (TPSA) is 86.7 Å². The first-order valence-corrected chi connectivity index (χ1v) is 11.4. The molecule has 4 heterocycles. The maximum absolute atomic E-state index is 12.8. The summed E-state index contributed by atoms with van der Waals surface area (Å²) in [6.45, 7) is 5.93. The number of hydrogen-bond acceptors (Lipinski definition) is 5. The minimum absolute atomic E-state index is 0.000395. The molecule has 0 atom stereocenters. The van der Waals surface area contributed by atoms with Crippen molar-refractivity contribution in [2.24, 2.45) is 10.1 Å². The number of thioether (sulfide) groups is 1. The van der Waals surface area contributed by atoms with E-state index in [1.165, 1.54) is 16.8 Å². The second kappa shape index (κ2) is 8.13. The molecule has 5 rings (SSSR count). The summed E-state index contributed by atoms with van der Waals surface area (Å²) in [4.78, 5) is 21.1. The number of fused-ring (bicyclic) bond motifs is 1. The quantitative estimate of drug-likeness (QED) is 0.534. The number of amides is 1. The van der Waals surface area contributed by atoms with Crippen molar-refractivity contribution in [3.63, 3.8) is 0 Å². The van der Waals surface area contributed by atoms with Crippen molar-refractivity contribution in [1.29, 1.82) is 5.41 Å². The van der Waals surface area contributed by atoms with Gasteiger partial charge in [-0.2, -0.15) is 15.1 Å². The number of halogens is 1. The van der Waals surface area contributed by atoms with Crippen LogP contribution in [0.2, 0.25) is 5.02 Å². The van der Waals surface area contributed by atoms with Crippen molar-refractivity contribution < 1.29 is 4.79 Å². The monoisotopic (exact) mass is 474 g/mol. The maximum Gasteiger partial charge on any atom is 0.283 e. The molecule has 1 amide bonds. The van der Waals surface area contributed by atoms with E-state index in [4.69, 9.17) is 17.0 Å². The highest BCUT2D eigenvalue weighted by atomic mass is 35.5. The first-order valence-electron chi connectivity index (χ1n) is 10.2. The van der Waals surface area contributed by atoms with Gasteiger partial charge < -0.3 is 4.57 Å². The van der Waals surface area contributed by atoms with Crippen molar-refractivity contribution >= 4 is 51.4 Å². The molecule has 0 spiro atoms. The fourth-order valence-corrected chi connectivity index (χ4v) is 4.86. The number of nitrogens with one attached hydrogen (secondary N) is 1. The third-order valence-electron chi connectivity index (χ3n) is 5.55. The van der Waals surface area contributed by atoms with E-state index in [0.29, 0.717) is 15.2 Å². The van der Waals surface area contributed by atoms with Gasteiger partial charge in [0.25, 0.3) is 5.91 Å². The van der Waals surface area contributed by atoms with E-state index in [-0.39, 0.29) is 11.4 Å². The van der Waals surface area contributed by atoms with Crippen LogP contribution < -0.4 is 0 Å². The maximum atomic E-state index is 12.8. The van der Waals surface area contributed by atoms with Gasteiger partial charge in [-0.3, -0.25) is 15.2 Å². The van der Waals surface area contributed by atoms with Crippen LogP contribution in [0.3, 0.4) is 0 Å². The van der Waals surface area contributed by atoms with E-state index < -0.39 is 5.91 Å². The standard InChI is InChI=1S/C24H19ClN6OS/c1-13-6-7-18(11-20(13)25)30-14(2)9-17(15(30)3)10-19-21(26)31-24(28-22(19)32)33-23(29-31)16-5-4-8-27-12-16/h4-12,26H,1-3H3/b19-10-,26-21?. The summed E-state index contributed by atoms with van der Waals surface area (Å²) in [5, 5.41) is 16.3. The average Bonchev–Trinajstić information content (AvgIpc) is 3.34. The molecule has 0 saturated carbocycles. The predicted octanol–water partition coefficient (Wildman–Crippen LogP) is 5.12. The van der Waals surface area contributed by atoms with Gasteiger partial charge in [-0.15, -0.1) is 0 Å². The Bertz CT molecular complexity index is 1420. The molecular formula is C24H19ClN6OS. The Labute approximate surface area is 200 Å². The number of pyridine rings is 1. The lowest BCUT2D eigenvalue weighted by Crippen LogP contribution is -2.35. The molecule has 0 fully saturated rings. The number of carbonyl (C=O) groups excluding carboxylic acids is 1. The zero-order valence-corrected chi connectivity index (χ0v) is 19.7. The van der Waals surface area contributed by atoms with Crippen LogP contribution in [-0.2, 0) is 4.79 Å². The minimum Gasteiger partial charge on any atom is -0.318 e. The highest BCUT2D eigenvalue weighted by molar-refractivity contribution is 8.27. The van der Waals surface area contributed by atoms with Crippen molar-refractivity contribution in [2.45, 2.75) is 20.8 Å². The Kier molecular flexibility index (Phi) is 5.26. The van der Waals surface area contributed by atoms with Gasteiger partial charge in [0.05, 0.1) is 5.57 Å². The lowest BCUT2D eigenvalue weighted by Gasteiger charge is -2.20. The van der Waals surface area contributed by atoms with Gasteiger partial charge in [0.1, 0.15) is 5.04 Å². The van der Waals surface area contributed by atoms with E-state index in [9.17, 15) is 4.79 Å². The molecule has 1 N–H and O–H groups in total. The molecule has 2 aliphatic heterocycles. The Morgan fingerprint density at radius 3 is 2.70 bits per heavy atom. The molecule has 9 heteroatoms. The molecule has 3 aromatic rings. The smallest absolute Gasteiger partial charge is 0.283 e. The molecule has 33 heavy (non-hydrogen) atoms. The van der Waals surface area contributed by atoms with Crippen LogP contribution in [0.4, 0.5) is 0 Å². The summed E-state index contributed by atoms with van der Waals surface area (Å²) in [7, 11) is 0. The van der Waals surface area contributed by atoms with Crippen LogP contribution in [0.15, 0.2) is 64.5 Å². The second-order valence-electron chi connectivity index (χ2n) is 7.76. The molecular weight excluding hydrogens is 456 g/mol. The molecule has 7 nitrogen and oxygen atoms in total. The van der Waals surface area contributed by atoms with Gasteiger partial charge in [-0.1, -0.05) is 17.7 Å². The highest BCUT2D eigenvalue weighted by Crippen LogP contribution is 2.32. The number of benzene rings is 1. The van der Waals surface area contributed by atoms with Gasteiger partial charge in [-0.05, 0) is 80.1 Å². The lowest BCUT2D eigenvalue weighted by molar-refractivity contribution is -0.114. The predicted molar refractivity (Wildman–Crippen MR) is 133 cm³/mol. The van der Waals surface area contributed by atoms with Crippen LogP contribution in [-0.4, -0.2) is 36.5 Å². The third kappa shape index (κ3) is 3.71. The number of aromatic nitrogens is 2. The molecule has 164 valence electrons. The number of carbonyl (C=O) groups is 1. The summed E-state index contributed by atoms with van der Waals surface area (Å²) >= 11 is 7.59. The second-order valence-corrected chi connectivity index (χ2v) is 9.13. The van der Waals surface area contributed by atoms with Crippen LogP contribution in [0.1, 0.15) is 28.1 Å². The van der Waals surface area contributed by atoms with E-state index >= 15 is 0 Å². The summed E-state index contributed by atoms with van der Waals surface area (Å²) in [5.74, 6) is -0.454. The van der Waals surface area contributed by atoms with Gasteiger partial charge in [0.15, 0.2) is 5.84 Å². The van der Waals surface area contributed by atoms with Crippen LogP contribution >= 0.6 is 23.4 Å². The number of nitrogens with zero attached hydrogens (tertiary/aromatic N) is 5. The van der Waals surface area contributed by atoms with Crippen LogP contribution in [0.5, 0.6) is 0 Å². The zero-order chi connectivity index (χ0) is 23.3.